The summed E-state index contributed by atoms with van der Waals surface area (Å²) in [6.07, 6.45) is -1.29. The van der Waals surface area contributed by atoms with Gasteiger partial charge in [0, 0.05) is 12.0 Å². The number of ether oxygens (including phenoxy) is 2. The molecule has 1 aromatic carbocycles. The van der Waals surface area contributed by atoms with Gasteiger partial charge in [-0.15, -0.1) is 11.3 Å². The van der Waals surface area contributed by atoms with E-state index >= 15 is 0 Å². The number of Topliss-reactive ketones (excluding diaryl/α,β-unsaturated/α-hetero) is 1. The molecule has 0 fully saturated rings. The number of fused-ring (bicyclic) bond motifs is 1. The molecule has 206 valence electrons. The lowest BCUT2D eigenvalue weighted by Gasteiger charge is -2.27. The number of hydrogen-bond donors (Lipinski definition) is 1. The molecule has 0 aliphatic heterocycles. The van der Waals surface area contributed by atoms with Gasteiger partial charge in [-0.25, -0.2) is 18.5 Å². The number of rotatable bonds is 10. The maximum atomic E-state index is 14.0. The zero-order chi connectivity index (χ0) is 28.5. The Bertz CT molecular complexity index is 1500. The van der Waals surface area contributed by atoms with Crippen LogP contribution in [0.3, 0.4) is 0 Å². The minimum Gasteiger partial charge on any atom is -0.496 e. The Kier molecular flexibility index (Phi) is 8.62. The smallest absolute Gasteiger partial charge is 0.348 e. The van der Waals surface area contributed by atoms with Crippen LogP contribution in [0, 0.1) is 18.7 Å². The highest BCUT2D eigenvalue weighted by Gasteiger charge is 2.36. The van der Waals surface area contributed by atoms with Crippen LogP contribution in [0.5, 0.6) is 5.75 Å². The minimum absolute atomic E-state index is 0.0102. The van der Waals surface area contributed by atoms with Crippen molar-refractivity contribution in [2.45, 2.75) is 66.2 Å². The van der Waals surface area contributed by atoms with Gasteiger partial charge in [0.05, 0.1) is 25.6 Å². The summed E-state index contributed by atoms with van der Waals surface area (Å²) in [6.45, 7) is 9.64. The molecule has 2 aromatic heterocycles. The second kappa shape index (κ2) is 11.2. The summed E-state index contributed by atoms with van der Waals surface area (Å²) in [5.41, 5.74) is -2.67. The van der Waals surface area contributed by atoms with Gasteiger partial charge in [-0.05, 0) is 57.4 Å². The summed E-state index contributed by atoms with van der Waals surface area (Å²) in [5, 5.41) is 11.2. The predicted octanol–water partition coefficient (Wildman–Crippen LogP) is 3.94. The molecule has 1 N–H and O–H groups in total. The van der Waals surface area contributed by atoms with Gasteiger partial charge in [0.1, 0.15) is 32.9 Å². The van der Waals surface area contributed by atoms with E-state index in [2.05, 4.69) is 0 Å². The van der Waals surface area contributed by atoms with Crippen molar-refractivity contribution in [2.75, 3.05) is 13.7 Å². The Hall–Kier alpha value is -3.31. The summed E-state index contributed by atoms with van der Waals surface area (Å²) in [5.74, 6) is -1.39. The van der Waals surface area contributed by atoms with E-state index in [1.807, 2.05) is 13.8 Å². The van der Waals surface area contributed by atoms with E-state index < -0.39 is 41.2 Å². The second-order valence-corrected chi connectivity index (χ2v) is 11.0. The van der Waals surface area contributed by atoms with E-state index in [-0.39, 0.29) is 51.1 Å². The Morgan fingerprint density at radius 3 is 2.45 bits per heavy atom. The first-order chi connectivity index (χ1) is 17.8. The van der Waals surface area contributed by atoms with E-state index in [9.17, 15) is 28.7 Å². The first-order valence-electron chi connectivity index (χ1n) is 12.3. The highest BCUT2D eigenvalue weighted by molar-refractivity contribution is 7.20. The molecule has 3 aromatic rings. The number of carbonyl (C=O) groups is 2. The van der Waals surface area contributed by atoms with E-state index in [1.165, 1.54) is 33.1 Å². The van der Waals surface area contributed by atoms with Crippen LogP contribution in [0.25, 0.3) is 10.2 Å². The molecular weight excluding hydrogens is 515 g/mol. The van der Waals surface area contributed by atoms with E-state index in [0.717, 1.165) is 26.5 Å². The van der Waals surface area contributed by atoms with E-state index in [1.54, 1.807) is 13.8 Å². The van der Waals surface area contributed by atoms with Crippen LogP contribution in [0.1, 0.15) is 67.9 Å². The molecular formula is C27H33FN2O7S. The number of aliphatic hydroxyl groups is 1. The van der Waals surface area contributed by atoms with Crippen molar-refractivity contribution in [2.24, 2.45) is 5.92 Å². The quantitative estimate of drug-likeness (QED) is 0.382. The fourth-order valence-corrected chi connectivity index (χ4v) is 5.57. The van der Waals surface area contributed by atoms with Crippen molar-refractivity contribution < 1.29 is 28.6 Å². The molecule has 0 spiro atoms. The Morgan fingerprint density at radius 1 is 1.21 bits per heavy atom. The number of carbonyl (C=O) groups excluding carboxylic acids is 2. The number of halogens is 1. The van der Waals surface area contributed by atoms with Crippen LogP contribution in [-0.4, -0.2) is 39.7 Å². The largest absolute Gasteiger partial charge is 0.496 e. The number of ketones is 1. The number of esters is 1. The summed E-state index contributed by atoms with van der Waals surface area (Å²) >= 11 is 0.889. The predicted molar refractivity (Wildman–Crippen MR) is 143 cm³/mol. The standard InChI is InChI=1S/C27H33FN2O7S/c1-8-37-25(34)22-15(4)21-23(33)30(27(5,6)20(32)11-14(2)3)26(35)29(24(21)38-22)13-18(31)17-12-16(28)9-10-19(17)36-7/h9-10,12,14,18,31H,8,11,13H2,1-7H3/t18-/m0/s1. The maximum absolute atomic E-state index is 14.0. The number of hydrogen-bond acceptors (Lipinski definition) is 8. The normalized spacial score (nSPS) is 12.7. The molecule has 38 heavy (non-hydrogen) atoms. The average molecular weight is 549 g/mol. The Balaban J connectivity index is 2.35. The number of benzene rings is 1. The third-order valence-electron chi connectivity index (χ3n) is 6.41. The molecule has 11 heteroatoms. The fraction of sp³-hybridized carbons (Fsp3) is 0.481. The van der Waals surface area contributed by atoms with Gasteiger partial charge in [0.15, 0.2) is 5.78 Å². The minimum atomic E-state index is -1.52. The van der Waals surface area contributed by atoms with E-state index in [0.29, 0.717) is 5.56 Å². The highest BCUT2D eigenvalue weighted by atomic mass is 32.1. The number of thiophene rings is 1. The molecule has 0 bridgehead atoms. The zero-order valence-electron chi connectivity index (χ0n) is 22.6. The molecule has 0 unspecified atom stereocenters. The molecule has 9 nitrogen and oxygen atoms in total. The van der Waals surface area contributed by atoms with Gasteiger partial charge in [-0.1, -0.05) is 13.8 Å². The fourth-order valence-electron chi connectivity index (χ4n) is 4.37. The monoisotopic (exact) mass is 548 g/mol. The van der Waals surface area contributed by atoms with Crippen LogP contribution in [-0.2, 0) is 21.6 Å². The number of aromatic nitrogens is 2. The van der Waals surface area contributed by atoms with Crippen molar-refractivity contribution >= 4 is 33.3 Å². The lowest BCUT2D eigenvalue weighted by atomic mass is 9.91. The van der Waals surface area contributed by atoms with Crippen molar-refractivity contribution in [3.05, 3.63) is 60.9 Å². The lowest BCUT2D eigenvalue weighted by molar-refractivity contribution is -0.127. The maximum Gasteiger partial charge on any atom is 0.348 e. The number of nitrogens with zero attached hydrogens (tertiary/aromatic N) is 2. The Morgan fingerprint density at radius 2 is 1.87 bits per heavy atom. The van der Waals surface area contributed by atoms with Gasteiger partial charge in [0.2, 0.25) is 0 Å². The van der Waals surface area contributed by atoms with Gasteiger partial charge in [-0.3, -0.25) is 14.2 Å². The molecule has 0 saturated heterocycles. The lowest BCUT2D eigenvalue weighted by Crippen LogP contribution is -2.53. The van der Waals surface area contributed by atoms with Crippen LogP contribution in [0.2, 0.25) is 0 Å². The number of aliphatic hydroxyl groups excluding tert-OH is 1. The Labute approximate surface area is 223 Å². The molecule has 2 heterocycles. The third kappa shape index (κ3) is 5.30. The van der Waals surface area contributed by atoms with Gasteiger partial charge >= 0.3 is 11.7 Å². The van der Waals surface area contributed by atoms with Crippen LogP contribution >= 0.6 is 11.3 Å². The second-order valence-electron chi connectivity index (χ2n) is 9.97. The first-order valence-corrected chi connectivity index (χ1v) is 13.1. The zero-order valence-corrected chi connectivity index (χ0v) is 23.4. The SMILES string of the molecule is CCOC(=O)c1sc2c(c1C)c(=O)n(C(C)(C)C(=O)CC(C)C)c(=O)n2C[C@H](O)c1cc(F)ccc1OC. The van der Waals surface area contributed by atoms with Gasteiger partial charge in [0.25, 0.3) is 5.56 Å². The molecule has 0 radical (unpaired) electrons. The third-order valence-corrected chi connectivity index (χ3v) is 7.71. The van der Waals surface area contributed by atoms with Gasteiger partial charge < -0.3 is 14.6 Å². The topological polar surface area (TPSA) is 117 Å². The van der Waals surface area contributed by atoms with Crippen molar-refractivity contribution in [1.29, 1.82) is 0 Å². The molecule has 0 saturated carbocycles. The highest BCUT2D eigenvalue weighted by Crippen LogP contribution is 2.32. The van der Waals surface area contributed by atoms with Crippen LogP contribution in [0.15, 0.2) is 27.8 Å². The van der Waals surface area contributed by atoms with Crippen molar-refractivity contribution in [3.8, 4) is 5.75 Å². The summed E-state index contributed by atoms with van der Waals surface area (Å²) in [4.78, 5) is 53.8. The van der Waals surface area contributed by atoms with E-state index in [4.69, 9.17) is 9.47 Å². The van der Waals surface area contributed by atoms with Crippen LogP contribution in [0.4, 0.5) is 4.39 Å². The number of methoxy groups -OCH3 is 1. The molecule has 0 aliphatic carbocycles. The van der Waals surface area contributed by atoms with Gasteiger partial charge in [-0.2, -0.15) is 0 Å². The summed E-state index contributed by atoms with van der Waals surface area (Å²) < 4.78 is 26.4. The molecule has 0 amide bonds. The summed E-state index contributed by atoms with van der Waals surface area (Å²) in [7, 11) is 1.37. The average Bonchev–Trinajstić information content (AvgIpc) is 3.18. The van der Waals surface area contributed by atoms with Crippen LogP contribution < -0.4 is 16.0 Å². The molecule has 1 atom stereocenters. The first kappa shape index (κ1) is 29.2. The molecule has 3 rings (SSSR count). The van der Waals surface area contributed by atoms with Crippen molar-refractivity contribution in [1.82, 2.24) is 9.13 Å². The van der Waals surface area contributed by atoms with Crippen molar-refractivity contribution in [3.63, 3.8) is 0 Å². The number of aryl methyl sites for hydroxylation is 1. The summed E-state index contributed by atoms with van der Waals surface area (Å²) in [6, 6.07) is 3.63. The molecule has 0 aliphatic rings.